The molecule has 0 aliphatic rings. The van der Waals surface area contributed by atoms with Gasteiger partial charge in [0.1, 0.15) is 11.6 Å². The molecule has 0 unspecified atom stereocenters. The zero-order valence-corrected chi connectivity index (χ0v) is 14.4. The van der Waals surface area contributed by atoms with Crippen molar-refractivity contribution < 1.29 is 13.5 Å². The molecule has 24 heavy (non-hydrogen) atoms. The van der Waals surface area contributed by atoms with Crippen LogP contribution in [0.1, 0.15) is 26.3 Å². The van der Waals surface area contributed by atoms with Crippen molar-refractivity contribution in [3.8, 4) is 11.5 Å². The van der Waals surface area contributed by atoms with E-state index in [1.807, 2.05) is 12.1 Å². The third kappa shape index (κ3) is 4.90. The van der Waals surface area contributed by atoms with Crippen molar-refractivity contribution in [1.82, 2.24) is 4.90 Å². The Labute approximate surface area is 142 Å². The third-order valence-corrected chi connectivity index (χ3v) is 3.98. The Balaban J connectivity index is 2.05. The number of rotatable bonds is 7. The van der Waals surface area contributed by atoms with Crippen LogP contribution in [0.15, 0.2) is 48.5 Å². The molecule has 2 aromatic rings. The molecule has 0 aliphatic carbocycles. The van der Waals surface area contributed by atoms with Crippen LogP contribution in [0.4, 0.5) is 8.78 Å². The molecule has 0 atom stereocenters. The summed E-state index contributed by atoms with van der Waals surface area (Å²) in [6.07, 6.45) is 2.20. The lowest BCUT2D eigenvalue weighted by molar-refractivity contribution is 0.337. The molecule has 0 aromatic heterocycles. The molecular weight excluding hydrogens is 308 g/mol. The van der Waals surface area contributed by atoms with Crippen molar-refractivity contribution in [1.29, 1.82) is 0 Å². The molecule has 0 amide bonds. The summed E-state index contributed by atoms with van der Waals surface area (Å²) >= 11 is 0. The number of ether oxygens (including phenoxy) is 1. The lowest BCUT2D eigenvalue weighted by Gasteiger charge is -2.16. The highest BCUT2D eigenvalue weighted by atomic mass is 19.1. The number of hydrogen-bond acceptors (Lipinski definition) is 2. The molecule has 0 spiro atoms. The van der Waals surface area contributed by atoms with Crippen LogP contribution in [0.3, 0.4) is 0 Å². The van der Waals surface area contributed by atoms with E-state index in [2.05, 4.69) is 31.7 Å². The van der Waals surface area contributed by atoms with Gasteiger partial charge in [-0.2, -0.15) is 0 Å². The first kappa shape index (κ1) is 18.1. The summed E-state index contributed by atoms with van der Waals surface area (Å²) in [5.74, 6) is -0.808. The topological polar surface area (TPSA) is 12.5 Å². The summed E-state index contributed by atoms with van der Waals surface area (Å²) in [4.78, 5) is 2.33. The van der Waals surface area contributed by atoms with Gasteiger partial charge in [0.2, 0.25) is 0 Å². The second-order valence-corrected chi connectivity index (χ2v) is 5.57. The van der Waals surface area contributed by atoms with Gasteiger partial charge in [-0.25, -0.2) is 8.78 Å². The average molecular weight is 331 g/mol. The van der Waals surface area contributed by atoms with E-state index in [1.54, 1.807) is 12.1 Å². The SMILES string of the molecule is CCN(CC)CC=C(C)c1ccc(Oc2ccc(F)cc2F)cc1. The van der Waals surface area contributed by atoms with Gasteiger partial charge < -0.3 is 9.64 Å². The smallest absolute Gasteiger partial charge is 0.168 e. The van der Waals surface area contributed by atoms with Crippen molar-refractivity contribution in [3.63, 3.8) is 0 Å². The van der Waals surface area contributed by atoms with Crippen LogP contribution >= 0.6 is 0 Å². The first-order valence-electron chi connectivity index (χ1n) is 8.16. The van der Waals surface area contributed by atoms with E-state index < -0.39 is 11.6 Å². The van der Waals surface area contributed by atoms with Gasteiger partial charge in [-0.05, 0) is 55.4 Å². The molecule has 128 valence electrons. The van der Waals surface area contributed by atoms with Crippen LogP contribution in [-0.2, 0) is 0 Å². The molecular formula is C20H23F2NO. The van der Waals surface area contributed by atoms with Crippen molar-refractivity contribution in [2.75, 3.05) is 19.6 Å². The maximum Gasteiger partial charge on any atom is 0.168 e. The predicted molar refractivity (Wildman–Crippen MR) is 94.3 cm³/mol. The summed E-state index contributed by atoms with van der Waals surface area (Å²) < 4.78 is 32.0. The Morgan fingerprint density at radius 2 is 1.71 bits per heavy atom. The standard InChI is InChI=1S/C20H23F2NO/c1-4-23(5-2)13-12-15(3)16-6-9-18(10-7-16)24-20-11-8-17(21)14-19(20)22/h6-12,14H,4-5,13H2,1-3H3. The quantitative estimate of drug-likeness (QED) is 0.664. The number of nitrogens with zero attached hydrogens (tertiary/aromatic N) is 1. The Morgan fingerprint density at radius 1 is 1.04 bits per heavy atom. The van der Waals surface area contributed by atoms with Crippen LogP contribution in [0, 0.1) is 11.6 Å². The fourth-order valence-electron chi connectivity index (χ4n) is 2.34. The number of likely N-dealkylation sites (N-methyl/N-ethyl adjacent to an activating group) is 1. The molecule has 0 aliphatic heterocycles. The van der Waals surface area contributed by atoms with Crippen molar-refractivity contribution >= 4 is 5.57 Å². The first-order valence-corrected chi connectivity index (χ1v) is 8.16. The van der Waals surface area contributed by atoms with Crippen molar-refractivity contribution in [2.24, 2.45) is 0 Å². The van der Waals surface area contributed by atoms with E-state index in [1.165, 1.54) is 17.7 Å². The second kappa shape index (κ2) is 8.60. The highest BCUT2D eigenvalue weighted by Crippen LogP contribution is 2.26. The summed E-state index contributed by atoms with van der Waals surface area (Å²) in [7, 11) is 0. The normalized spacial score (nSPS) is 11.8. The lowest BCUT2D eigenvalue weighted by atomic mass is 10.1. The summed E-state index contributed by atoms with van der Waals surface area (Å²) in [5.41, 5.74) is 2.27. The lowest BCUT2D eigenvalue weighted by Crippen LogP contribution is -2.22. The third-order valence-electron chi connectivity index (χ3n) is 3.98. The number of allylic oxidation sites excluding steroid dienone is 1. The maximum absolute atomic E-state index is 13.6. The molecule has 4 heteroatoms. The molecule has 0 radical (unpaired) electrons. The number of hydrogen-bond donors (Lipinski definition) is 0. The van der Waals surface area contributed by atoms with Crippen LogP contribution in [0.25, 0.3) is 5.57 Å². The van der Waals surface area contributed by atoms with Gasteiger partial charge in [0.25, 0.3) is 0 Å². The molecule has 0 heterocycles. The van der Waals surface area contributed by atoms with Crippen LogP contribution < -0.4 is 4.74 Å². The number of halogens is 2. The fourth-order valence-corrected chi connectivity index (χ4v) is 2.34. The van der Waals surface area contributed by atoms with E-state index in [0.29, 0.717) is 5.75 Å². The maximum atomic E-state index is 13.6. The van der Waals surface area contributed by atoms with Gasteiger partial charge in [-0.3, -0.25) is 0 Å². The molecule has 0 N–H and O–H groups in total. The first-order chi connectivity index (χ1) is 11.5. The fraction of sp³-hybridized carbons (Fsp3) is 0.300. The van der Waals surface area contributed by atoms with Gasteiger partial charge in [-0.15, -0.1) is 0 Å². The molecule has 0 saturated carbocycles. The minimum Gasteiger partial charge on any atom is -0.454 e. The molecule has 2 nitrogen and oxygen atoms in total. The van der Waals surface area contributed by atoms with Gasteiger partial charge >= 0.3 is 0 Å². The Hall–Kier alpha value is -2.20. The van der Waals surface area contributed by atoms with Crippen LogP contribution in [0.2, 0.25) is 0 Å². The zero-order chi connectivity index (χ0) is 17.5. The minimum absolute atomic E-state index is 0.0120. The van der Waals surface area contributed by atoms with Gasteiger partial charge in [0.15, 0.2) is 11.6 Å². The molecule has 0 saturated heterocycles. The number of benzene rings is 2. The summed E-state index contributed by atoms with van der Waals surface area (Å²) in [5, 5.41) is 0. The van der Waals surface area contributed by atoms with Gasteiger partial charge in [-0.1, -0.05) is 32.1 Å². The van der Waals surface area contributed by atoms with E-state index in [0.717, 1.165) is 31.3 Å². The Kier molecular flexibility index (Phi) is 6.50. The van der Waals surface area contributed by atoms with E-state index in [-0.39, 0.29) is 5.75 Å². The summed E-state index contributed by atoms with van der Waals surface area (Å²) in [6.45, 7) is 9.32. The minimum atomic E-state index is -0.714. The van der Waals surface area contributed by atoms with E-state index in [4.69, 9.17) is 4.74 Å². The molecule has 0 fully saturated rings. The zero-order valence-electron chi connectivity index (χ0n) is 14.4. The molecule has 2 rings (SSSR count). The Morgan fingerprint density at radius 3 is 2.29 bits per heavy atom. The monoisotopic (exact) mass is 331 g/mol. The van der Waals surface area contributed by atoms with E-state index >= 15 is 0 Å². The highest BCUT2D eigenvalue weighted by Gasteiger charge is 2.06. The largest absolute Gasteiger partial charge is 0.454 e. The van der Waals surface area contributed by atoms with Gasteiger partial charge in [0.05, 0.1) is 0 Å². The average Bonchev–Trinajstić information content (AvgIpc) is 2.59. The van der Waals surface area contributed by atoms with Gasteiger partial charge in [0, 0.05) is 12.6 Å². The van der Waals surface area contributed by atoms with Crippen LogP contribution in [0.5, 0.6) is 11.5 Å². The molecule has 0 bridgehead atoms. The van der Waals surface area contributed by atoms with E-state index in [9.17, 15) is 8.78 Å². The Bertz CT molecular complexity index is 691. The van der Waals surface area contributed by atoms with Crippen LogP contribution in [-0.4, -0.2) is 24.5 Å². The second-order valence-electron chi connectivity index (χ2n) is 5.57. The summed E-state index contributed by atoms with van der Waals surface area (Å²) in [6, 6.07) is 10.7. The van der Waals surface area contributed by atoms with Crippen molar-refractivity contribution in [2.45, 2.75) is 20.8 Å². The molecule has 2 aromatic carbocycles. The predicted octanol–water partition coefficient (Wildman–Crippen LogP) is 5.50. The van der Waals surface area contributed by atoms with Crippen molar-refractivity contribution in [3.05, 3.63) is 65.7 Å². The highest BCUT2D eigenvalue weighted by molar-refractivity contribution is 5.64.